The standard InChI is InChI=1S/C30H40ClO2P.Pd/c1-4-5-17-24-26(31)21-20-25(29-27(32-2)18-12-19-28(29)33-3)30(24)34(22-13-8-6-9-14-22)23-15-10-7-11-16-23;/h5,12,17-23H,4,6-11,13-16H2,1-3H3;/q;+2. The van der Waals surface area contributed by atoms with Crippen molar-refractivity contribution in [3.63, 3.8) is 0 Å². The van der Waals surface area contributed by atoms with Crippen molar-refractivity contribution < 1.29 is 29.9 Å². The fourth-order valence-corrected chi connectivity index (χ4v) is 10.3. The molecule has 2 aromatic rings. The topological polar surface area (TPSA) is 18.5 Å². The monoisotopic (exact) mass is 604 g/mol. The fourth-order valence-electron chi connectivity index (χ4n) is 5.96. The van der Waals surface area contributed by atoms with Gasteiger partial charge in [-0.25, -0.2) is 0 Å². The van der Waals surface area contributed by atoms with Crippen LogP contribution in [0.15, 0.2) is 36.4 Å². The van der Waals surface area contributed by atoms with Gasteiger partial charge in [-0.3, -0.25) is 0 Å². The Labute approximate surface area is 232 Å². The first-order chi connectivity index (χ1) is 16.7. The minimum atomic E-state index is -0.372. The quantitative estimate of drug-likeness (QED) is 0.221. The number of rotatable bonds is 8. The Kier molecular flexibility index (Phi) is 11.7. The van der Waals surface area contributed by atoms with Crippen molar-refractivity contribution in [2.24, 2.45) is 0 Å². The van der Waals surface area contributed by atoms with Crippen molar-refractivity contribution in [3.8, 4) is 22.6 Å². The SMILES string of the molecule is CCC=Cc1c(Cl)ccc(-c2c(OC)cccc2OC)c1P(C1CCCCC1)C1CCCCC1.[Pd+2]. The molecule has 0 amide bonds. The maximum atomic E-state index is 6.99. The van der Waals surface area contributed by atoms with Crippen LogP contribution in [0.3, 0.4) is 0 Å². The van der Waals surface area contributed by atoms with E-state index in [4.69, 9.17) is 21.1 Å². The molecule has 0 bridgehead atoms. The molecule has 0 radical (unpaired) electrons. The number of hydrogen-bond acceptors (Lipinski definition) is 2. The van der Waals surface area contributed by atoms with E-state index >= 15 is 0 Å². The van der Waals surface area contributed by atoms with Gasteiger partial charge in [-0.1, -0.05) is 89.3 Å². The molecule has 0 unspecified atom stereocenters. The molecule has 0 spiro atoms. The van der Waals surface area contributed by atoms with Crippen LogP contribution in [0.1, 0.15) is 83.1 Å². The third kappa shape index (κ3) is 6.54. The van der Waals surface area contributed by atoms with Crippen molar-refractivity contribution in [2.45, 2.75) is 88.9 Å². The average Bonchev–Trinajstić information content (AvgIpc) is 2.89. The zero-order chi connectivity index (χ0) is 23.9. The van der Waals surface area contributed by atoms with Gasteiger partial charge in [-0.15, -0.1) is 0 Å². The molecule has 192 valence electrons. The minimum absolute atomic E-state index is 0. The molecule has 5 heteroatoms. The van der Waals surface area contributed by atoms with Gasteiger partial charge in [-0.2, -0.15) is 0 Å². The first-order valence-electron chi connectivity index (χ1n) is 13.2. The molecule has 2 aliphatic carbocycles. The van der Waals surface area contributed by atoms with Crippen molar-refractivity contribution >= 4 is 30.9 Å². The number of benzene rings is 2. The van der Waals surface area contributed by atoms with E-state index in [-0.39, 0.29) is 28.3 Å². The predicted molar refractivity (Wildman–Crippen MR) is 150 cm³/mol. The molecule has 0 aromatic heterocycles. The second-order valence-corrected chi connectivity index (χ2v) is 12.8. The van der Waals surface area contributed by atoms with Crippen molar-refractivity contribution in [1.82, 2.24) is 0 Å². The van der Waals surface area contributed by atoms with Crippen LogP contribution >= 0.6 is 19.5 Å². The summed E-state index contributed by atoms with van der Waals surface area (Å²) in [6.07, 6.45) is 19.2. The zero-order valence-electron chi connectivity index (χ0n) is 21.4. The Morgan fingerprint density at radius 2 is 1.40 bits per heavy atom. The van der Waals surface area contributed by atoms with E-state index in [9.17, 15) is 0 Å². The Hall–Kier alpha value is -0.838. The average molecular weight is 605 g/mol. The van der Waals surface area contributed by atoms with Gasteiger partial charge < -0.3 is 9.47 Å². The summed E-state index contributed by atoms with van der Waals surface area (Å²) in [4.78, 5) is 0. The van der Waals surface area contributed by atoms with E-state index in [0.717, 1.165) is 39.8 Å². The largest absolute Gasteiger partial charge is 2.00 e. The third-order valence-electron chi connectivity index (χ3n) is 7.58. The van der Waals surface area contributed by atoms with Gasteiger partial charge in [0.2, 0.25) is 0 Å². The molecule has 35 heavy (non-hydrogen) atoms. The van der Waals surface area contributed by atoms with Crippen LogP contribution in [0.5, 0.6) is 11.5 Å². The molecule has 2 aliphatic rings. The van der Waals surface area contributed by atoms with Crippen molar-refractivity contribution in [1.29, 1.82) is 0 Å². The predicted octanol–water partition coefficient (Wildman–Crippen LogP) is 9.22. The molecule has 0 aliphatic heterocycles. The van der Waals surface area contributed by atoms with Crippen molar-refractivity contribution in [2.75, 3.05) is 14.2 Å². The van der Waals surface area contributed by atoms with Gasteiger partial charge in [0.15, 0.2) is 0 Å². The zero-order valence-corrected chi connectivity index (χ0v) is 24.6. The first kappa shape index (κ1) is 28.7. The third-order valence-corrected chi connectivity index (χ3v) is 11.5. The Morgan fingerprint density at radius 3 is 1.89 bits per heavy atom. The van der Waals surface area contributed by atoms with Gasteiger partial charge >= 0.3 is 20.4 Å². The molecule has 2 fully saturated rings. The Balaban J connectivity index is 0.00000342. The van der Waals surface area contributed by atoms with Crippen LogP contribution in [0.2, 0.25) is 5.02 Å². The maximum absolute atomic E-state index is 6.99. The molecule has 4 rings (SSSR count). The minimum Gasteiger partial charge on any atom is -0.496 e. The normalized spacial score (nSPS) is 17.5. The molecular weight excluding hydrogens is 565 g/mol. The summed E-state index contributed by atoms with van der Waals surface area (Å²) in [5.41, 5.74) is 5.12. The van der Waals surface area contributed by atoms with E-state index in [1.165, 1.54) is 80.6 Å². The number of methoxy groups -OCH3 is 2. The van der Waals surface area contributed by atoms with Crippen LogP contribution < -0.4 is 14.8 Å². The molecule has 2 nitrogen and oxygen atoms in total. The van der Waals surface area contributed by atoms with Crippen LogP contribution in [0.25, 0.3) is 17.2 Å². The van der Waals surface area contributed by atoms with E-state index < -0.39 is 0 Å². The Morgan fingerprint density at radius 1 is 0.857 bits per heavy atom. The van der Waals surface area contributed by atoms with Gasteiger partial charge in [0.25, 0.3) is 0 Å². The smallest absolute Gasteiger partial charge is 0.496 e. The van der Waals surface area contributed by atoms with E-state index in [2.05, 4.69) is 43.3 Å². The van der Waals surface area contributed by atoms with E-state index in [0.29, 0.717) is 0 Å². The first-order valence-corrected chi connectivity index (χ1v) is 15.0. The second kappa shape index (κ2) is 14.2. The molecule has 2 aromatic carbocycles. The van der Waals surface area contributed by atoms with E-state index in [1.54, 1.807) is 14.2 Å². The van der Waals surface area contributed by atoms with Gasteiger partial charge in [0, 0.05) is 10.6 Å². The van der Waals surface area contributed by atoms with Gasteiger partial charge in [0.1, 0.15) is 11.5 Å². The van der Waals surface area contributed by atoms with Crippen LogP contribution in [0.4, 0.5) is 0 Å². The summed E-state index contributed by atoms with van der Waals surface area (Å²) in [6.45, 7) is 2.20. The van der Waals surface area contributed by atoms with Crippen LogP contribution in [0, 0.1) is 0 Å². The van der Waals surface area contributed by atoms with Crippen molar-refractivity contribution in [3.05, 3.63) is 47.0 Å². The van der Waals surface area contributed by atoms with Crippen LogP contribution in [-0.4, -0.2) is 25.5 Å². The van der Waals surface area contributed by atoms with Crippen LogP contribution in [-0.2, 0) is 20.4 Å². The number of allylic oxidation sites excluding steroid dienone is 1. The summed E-state index contributed by atoms with van der Waals surface area (Å²) < 4.78 is 11.8. The molecular formula is C30H40ClO2PPd+2. The molecule has 2 saturated carbocycles. The molecule has 0 saturated heterocycles. The number of hydrogen-bond donors (Lipinski definition) is 0. The summed E-state index contributed by atoms with van der Waals surface area (Å²) >= 11 is 6.99. The maximum Gasteiger partial charge on any atom is 2.00 e. The summed E-state index contributed by atoms with van der Waals surface area (Å²) in [5, 5.41) is 2.37. The fraction of sp³-hybridized carbons (Fsp3) is 0.533. The Bertz CT molecular complexity index is 940. The summed E-state index contributed by atoms with van der Waals surface area (Å²) in [6, 6.07) is 10.4. The number of ether oxygens (including phenoxy) is 2. The summed E-state index contributed by atoms with van der Waals surface area (Å²) in [5.74, 6) is 1.74. The second-order valence-electron chi connectivity index (χ2n) is 9.70. The van der Waals surface area contributed by atoms with E-state index in [1.807, 2.05) is 6.07 Å². The molecule has 0 atom stereocenters. The molecule has 0 heterocycles. The number of halogens is 1. The summed E-state index contributed by atoms with van der Waals surface area (Å²) in [7, 11) is 3.15. The van der Waals surface area contributed by atoms with Gasteiger partial charge in [0.05, 0.1) is 19.8 Å². The molecule has 0 N–H and O–H groups in total. The van der Waals surface area contributed by atoms with Gasteiger partial charge in [-0.05, 0) is 72.5 Å².